The fourth-order valence-corrected chi connectivity index (χ4v) is 4.45. The number of hydrogen-bond acceptors (Lipinski definition) is 3. The Balaban J connectivity index is 1.23. The van der Waals surface area contributed by atoms with E-state index in [1.165, 1.54) is 95.5 Å². The number of hydrogen-bond donors (Lipinski definition) is 0. The molecule has 0 heterocycles. The molecule has 2 aromatic carbocycles. The van der Waals surface area contributed by atoms with E-state index in [-0.39, 0.29) is 5.97 Å². The lowest BCUT2D eigenvalue weighted by atomic mass is 10.0. The molecule has 2 rings (SSSR count). The summed E-state index contributed by atoms with van der Waals surface area (Å²) in [5.41, 5.74) is 1.48. The maximum Gasteiger partial charge on any atom is 0.305 e. The third-order valence-corrected chi connectivity index (χ3v) is 6.55. The molecule has 0 aliphatic heterocycles. The van der Waals surface area contributed by atoms with E-state index in [0.717, 1.165) is 18.6 Å². The maximum absolute atomic E-state index is 11.8. The Hall–Kier alpha value is -2.29. The van der Waals surface area contributed by atoms with Crippen LogP contribution in [0, 0.1) is 0 Å². The molecule has 0 fully saturated rings. The van der Waals surface area contributed by atoms with Crippen molar-refractivity contribution < 1.29 is 14.3 Å². The Morgan fingerprint density at radius 1 is 0.514 bits per heavy atom. The lowest BCUT2D eigenvalue weighted by molar-refractivity contribution is -0.144. The van der Waals surface area contributed by atoms with E-state index in [1.54, 1.807) is 0 Å². The Bertz CT molecular complexity index is 729. The summed E-state index contributed by atoms with van der Waals surface area (Å²) in [6, 6.07) is 20.5. The van der Waals surface area contributed by atoms with Crippen molar-refractivity contribution in [3.8, 4) is 5.75 Å². The van der Waals surface area contributed by atoms with Crippen LogP contribution >= 0.6 is 0 Å². The average Bonchev–Trinajstić information content (AvgIpc) is 2.89. The monoisotopic (exact) mass is 480 g/mol. The van der Waals surface area contributed by atoms with Crippen LogP contribution in [-0.4, -0.2) is 19.2 Å². The third kappa shape index (κ3) is 16.9. The standard InChI is InChI=1S/C32H48O3/c33-32(35-29-28-34-31-25-19-15-20-26-31)27-21-13-11-9-7-5-3-1-2-4-6-8-10-12-16-22-30-23-17-14-18-24-30/h14-15,17-20,23-26H,1-13,16,21-22,27-29H2. The highest BCUT2D eigenvalue weighted by Crippen LogP contribution is 2.15. The van der Waals surface area contributed by atoms with Gasteiger partial charge in [-0.05, 0) is 37.0 Å². The molecule has 0 atom stereocenters. The van der Waals surface area contributed by atoms with Gasteiger partial charge in [-0.25, -0.2) is 0 Å². The summed E-state index contributed by atoms with van der Waals surface area (Å²) < 4.78 is 10.8. The fraction of sp³-hybridized carbons (Fsp3) is 0.594. The number of carbonyl (C=O) groups excluding carboxylic acids is 1. The smallest absolute Gasteiger partial charge is 0.305 e. The van der Waals surface area contributed by atoms with Gasteiger partial charge in [-0.3, -0.25) is 4.79 Å². The van der Waals surface area contributed by atoms with Gasteiger partial charge < -0.3 is 9.47 Å². The van der Waals surface area contributed by atoms with E-state index in [1.807, 2.05) is 30.3 Å². The molecular weight excluding hydrogens is 432 g/mol. The molecule has 0 aliphatic rings. The lowest BCUT2D eigenvalue weighted by Gasteiger charge is -2.07. The first-order valence-electron chi connectivity index (χ1n) is 14.2. The van der Waals surface area contributed by atoms with Gasteiger partial charge in [0, 0.05) is 6.42 Å². The largest absolute Gasteiger partial charge is 0.490 e. The van der Waals surface area contributed by atoms with Gasteiger partial charge >= 0.3 is 5.97 Å². The molecule has 194 valence electrons. The van der Waals surface area contributed by atoms with Crippen molar-refractivity contribution in [2.45, 2.75) is 109 Å². The van der Waals surface area contributed by atoms with E-state index in [4.69, 9.17) is 9.47 Å². The SMILES string of the molecule is O=C(CCCCCCCCCCCCCCCCCc1ccccc1)OCCOc1ccccc1. The molecule has 0 radical (unpaired) electrons. The number of rotatable bonds is 22. The first-order valence-corrected chi connectivity index (χ1v) is 14.2. The Kier molecular flexibility index (Phi) is 17.4. The highest BCUT2D eigenvalue weighted by molar-refractivity contribution is 5.69. The molecule has 3 heteroatoms. The van der Waals surface area contributed by atoms with Crippen molar-refractivity contribution in [1.82, 2.24) is 0 Å². The van der Waals surface area contributed by atoms with Crippen molar-refractivity contribution in [1.29, 1.82) is 0 Å². The van der Waals surface area contributed by atoms with E-state index < -0.39 is 0 Å². The van der Waals surface area contributed by atoms with Gasteiger partial charge in [0.2, 0.25) is 0 Å². The summed E-state index contributed by atoms with van der Waals surface area (Å²) in [6.45, 7) is 0.730. The first-order chi connectivity index (χ1) is 17.3. The van der Waals surface area contributed by atoms with Crippen LogP contribution in [0.4, 0.5) is 0 Å². The molecule has 0 aromatic heterocycles. The highest BCUT2D eigenvalue weighted by Gasteiger charge is 2.03. The summed E-state index contributed by atoms with van der Waals surface area (Å²) in [4.78, 5) is 11.8. The first kappa shape index (κ1) is 28.9. The fourth-order valence-electron chi connectivity index (χ4n) is 4.45. The number of benzene rings is 2. The molecule has 0 saturated carbocycles. The molecule has 2 aromatic rings. The Labute approximate surface area is 214 Å². The van der Waals surface area contributed by atoms with Crippen LogP contribution < -0.4 is 4.74 Å². The zero-order chi connectivity index (χ0) is 24.7. The topological polar surface area (TPSA) is 35.5 Å². The molecule has 0 amide bonds. The second-order valence-electron chi connectivity index (χ2n) is 9.67. The van der Waals surface area contributed by atoms with Crippen molar-refractivity contribution in [2.24, 2.45) is 0 Å². The van der Waals surface area contributed by atoms with Crippen LogP contribution in [0.15, 0.2) is 60.7 Å². The van der Waals surface area contributed by atoms with Crippen molar-refractivity contribution in [2.75, 3.05) is 13.2 Å². The van der Waals surface area contributed by atoms with Gasteiger partial charge in [-0.1, -0.05) is 132 Å². The van der Waals surface area contributed by atoms with Gasteiger partial charge in [0.15, 0.2) is 0 Å². The summed E-state index contributed by atoms with van der Waals surface area (Å²) in [5, 5.41) is 0. The van der Waals surface area contributed by atoms with E-state index >= 15 is 0 Å². The predicted octanol–water partition coefficient (Wildman–Crippen LogP) is 9.09. The number of aryl methyl sites for hydroxylation is 1. The summed E-state index contributed by atoms with van der Waals surface area (Å²) in [6.07, 6.45) is 21.6. The summed E-state index contributed by atoms with van der Waals surface area (Å²) >= 11 is 0. The normalized spacial score (nSPS) is 10.9. The zero-order valence-electron chi connectivity index (χ0n) is 21.9. The minimum Gasteiger partial charge on any atom is -0.490 e. The molecule has 3 nitrogen and oxygen atoms in total. The molecule has 0 bridgehead atoms. The Morgan fingerprint density at radius 2 is 0.971 bits per heavy atom. The van der Waals surface area contributed by atoms with Gasteiger partial charge in [0.05, 0.1) is 0 Å². The van der Waals surface area contributed by atoms with E-state index in [2.05, 4.69) is 30.3 Å². The molecule has 35 heavy (non-hydrogen) atoms. The maximum atomic E-state index is 11.8. The lowest BCUT2D eigenvalue weighted by Crippen LogP contribution is -2.11. The van der Waals surface area contributed by atoms with Gasteiger partial charge in [-0.2, -0.15) is 0 Å². The molecular formula is C32H48O3. The minimum atomic E-state index is -0.103. The molecule has 0 saturated heterocycles. The zero-order valence-corrected chi connectivity index (χ0v) is 21.9. The van der Waals surface area contributed by atoms with Gasteiger partial charge in [0.1, 0.15) is 19.0 Å². The third-order valence-electron chi connectivity index (χ3n) is 6.55. The number of ether oxygens (including phenoxy) is 2. The van der Waals surface area contributed by atoms with Crippen LogP contribution in [0.25, 0.3) is 0 Å². The van der Waals surface area contributed by atoms with Crippen LogP contribution in [0.2, 0.25) is 0 Å². The molecule has 0 N–H and O–H groups in total. The van der Waals surface area contributed by atoms with Crippen molar-refractivity contribution in [3.05, 3.63) is 66.2 Å². The predicted molar refractivity (Wildman–Crippen MR) is 147 cm³/mol. The second-order valence-corrected chi connectivity index (χ2v) is 9.67. The summed E-state index contributed by atoms with van der Waals surface area (Å²) in [5.74, 6) is 0.707. The average molecular weight is 481 g/mol. The molecule has 0 aliphatic carbocycles. The Morgan fingerprint density at radius 3 is 1.51 bits per heavy atom. The number of para-hydroxylation sites is 1. The van der Waals surface area contributed by atoms with Crippen molar-refractivity contribution >= 4 is 5.97 Å². The highest BCUT2D eigenvalue weighted by atomic mass is 16.6. The number of unbranched alkanes of at least 4 members (excludes halogenated alkanes) is 14. The van der Waals surface area contributed by atoms with Gasteiger partial charge in [0.25, 0.3) is 0 Å². The van der Waals surface area contributed by atoms with Crippen LogP contribution in [0.3, 0.4) is 0 Å². The van der Waals surface area contributed by atoms with Crippen LogP contribution in [0.1, 0.15) is 108 Å². The number of esters is 1. The molecule has 0 unspecified atom stereocenters. The quantitative estimate of drug-likeness (QED) is 0.124. The van der Waals surface area contributed by atoms with Crippen LogP contribution in [0.5, 0.6) is 5.75 Å². The second kappa shape index (κ2) is 21.0. The molecule has 0 spiro atoms. The minimum absolute atomic E-state index is 0.103. The van der Waals surface area contributed by atoms with Crippen LogP contribution in [-0.2, 0) is 16.0 Å². The number of carbonyl (C=O) groups is 1. The summed E-state index contributed by atoms with van der Waals surface area (Å²) in [7, 11) is 0. The van der Waals surface area contributed by atoms with E-state index in [9.17, 15) is 4.79 Å². The van der Waals surface area contributed by atoms with Crippen molar-refractivity contribution in [3.63, 3.8) is 0 Å². The van der Waals surface area contributed by atoms with E-state index in [0.29, 0.717) is 19.6 Å². The van der Waals surface area contributed by atoms with Gasteiger partial charge in [-0.15, -0.1) is 0 Å².